The molecule has 1 N–H and O–H groups in total. The van der Waals surface area contributed by atoms with E-state index in [0.29, 0.717) is 18.4 Å². The van der Waals surface area contributed by atoms with Crippen LogP contribution in [0.4, 0.5) is 0 Å². The minimum atomic E-state index is -1.01. The zero-order chi connectivity index (χ0) is 14.3. The fourth-order valence-electron chi connectivity index (χ4n) is 2.17. The predicted octanol–water partition coefficient (Wildman–Crippen LogP) is 2.76. The molecule has 0 bridgehead atoms. The number of carbonyl (C=O) groups is 2. The third kappa shape index (κ3) is 2.62. The van der Waals surface area contributed by atoms with Crippen molar-refractivity contribution in [2.75, 3.05) is 0 Å². The first-order valence-corrected chi connectivity index (χ1v) is 6.32. The Bertz CT molecular complexity index is 521. The number of ether oxygens (including phenoxy) is 1. The van der Waals surface area contributed by atoms with Crippen LogP contribution in [-0.2, 0) is 14.9 Å². The highest BCUT2D eigenvalue weighted by Crippen LogP contribution is 2.50. The van der Waals surface area contributed by atoms with E-state index in [1.165, 1.54) is 6.07 Å². The summed E-state index contributed by atoms with van der Waals surface area (Å²) >= 11 is 0. The summed E-state index contributed by atoms with van der Waals surface area (Å²) in [6, 6.07) is 6.66. The molecule has 0 saturated heterocycles. The summed E-state index contributed by atoms with van der Waals surface area (Å²) < 4.78 is 5.42. The van der Waals surface area contributed by atoms with Gasteiger partial charge in [-0.15, -0.1) is 0 Å². The van der Waals surface area contributed by atoms with E-state index >= 15 is 0 Å². The minimum absolute atomic E-state index is 0.186. The van der Waals surface area contributed by atoms with Gasteiger partial charge in [-0.25, -0.2) is 4.79 Å². The van der Waals surface area contributed by atoms with Gasteiger partial charge in [0.2, 0.25) is 0 Å². The molecule has 1 saturated carbocycles. The van der Waals surface area contributed by atoms with Crippen molar-refractivity contribution in [3.8, 4) is 0 Å². The molecule has 0 unspecified atom stereocenters. The van der Waals surface area contributed by atoms with Crippen LogP contribution in [0.25, 0.3) is 0 Å². The van der Waals surface area contributed by atoms with Crippen molar-refractivity contribution in [1.29, 1.82) is 0 Å². The van der Waals surface area contributed by atoms with Crippen LogP contribution >= 0.6 is 0 Å². The number of hydrogen-bond acceptors (Lipinski definition) is 3. The zero-order valence-corrected chi connectivity index (χ0v) is 11.4. The maximum Gasteiger partial charge on any atom is 0.335 e. The summed E-state index contributed by atoms with van der Waals surface area (Å²) in [7, 11) is 0. The van der Waals surface area contributed by atoms with Crippen molar-refractivity contribution >= 4 is 11.9 Å². The molecule has 1 aliphatic rings. The maximum atomic E-state index is 12.3. The molecule has 1 aromatic carbocycles. The van der Waals surface area contributed by atoms with Crippen molar-refractivity contribution in [3.63, 3.8) is 0 Å². The van der Waals surface area contributed by atoms with E-state index < -0.39 is 17.0 Å². The van der Waals surface area contributed by atoms with Gasteiger partial charge >= 0.3 is 11.9 Å². The molecule has 19 heavy (non-hydrogen) atoms. The lowest BCUT2D eigenvalue weighted by molar-refractivity contribution is -0.158. The molecule has 102 valence electrons. The molecular formula is C15H18O4. The van der Waals surface area contributed by atoms with Gasteiger partial charge < -0.3 is 9.84 Å². The molecule has 4 heteroatoms. The van der Waals surface area contributed by atoms with Gasteiger partial charge in [0.05, 0.1) is 11.0 Å². The molecule has 0 aliphatic heterocycles. The van der Waals surface area contributed by atoms with Crippen LogP contribution in [0, 0.1) is 0 Å². The quantitative estimate of drug-likeness (QED) is 0.851. The van der Waals surface area contributed by atoms with Crippen LogP contribution in [-0.4, -0.2) is 22.6 Å². The largest absolute Gasteiger partial charge is 0.478 e. The highest BCUT2D eigenvalue weighted by Gasteiger charge is 2.55. The van der Waals surface area contributed by atoms with Gasteiger partial charge in [0.1, 0.15) is 5.60 Å². The van der Waals surface area contributed by atoms with Gasteiger partial charge in [-0.3, -0.25) is 4.79 Å². The Labute approximate surface area is 112 Å². The SMILES string of the molecule is CC(C)(C)OC(=O)C1(c2ccccc2C(=O)O)CC1. The van der Waals surface area contributed by atoms with Crippen molar-refractivity contribution in [2.24, 2.45) is 0 Å². The first kappa shape index (κ1) is 13.6. The highest BCUT2D eigenvalue weighted by atomic mass is 16.6. The summed E-state index contributed by atoms with van der Waals surface area (Å²) in [6.45, 7) is 5.43. The normalized spacial score (nSPS) is 16.8. The fourth-order valence-corrected chi connectivity index (χ4v) is 2.17. The standard InChI is InChI=1S/C15H18O4/c1-14(2,3)19-13(18)15(8-9-15)11-7-5-4-6-10(11)12(16)17/h4-7H,8-9H2,1-3H3,(H,16,17). The molecule has 0 heterocycles. The summed E-state index contributed by atoms with van der Waals surface area (Å²) in [5.41, 5.74) is -0.574. The maximum absolute atomic E-state index is 12.3. The summed E-state index contributed by atoms with van der Waals surface area (Å²) in [4.78, 5) is 23.6. The van der Waals surface area contributed by atoms with E-state index in [1.54, 1.807) is 18.2 Å². The molecule has 0 spiro atoms. The molecule has 1 fully saturated rings. The lowest BCUT2D eigenvalue weighted by atomic mass is 9.91. The predicted molar refractivity (Wildman–Crippen MR) is 70.2 cm³/mol. The van der Waals surface area contributed by atoms with Crippen LogP contribution in [0.3, 0.4) is 0 Å². The number of esters is 1. The smallest absolute Gasteiger partial charge is 0.335 e. The second-order valence-electron chi connectivity index (χ2n) is 5.93. The molecule has 2 rings (SSSR count). The lowest BCUT2D eigenvalue weighted by Crippen LogP contribution is -2.32. The monoisotopic (exact) mass is 262 g/mol. The van der Waals surface area contributed by atoms with E-state index in [-0.39, 0.29) is 11.5 Å². The van der Waals surface area contributed by atoms with E-state index in [9.17, 15) is 14.7 Å². The molecule has 0 atom stereocenters. The fraction of sp³-hybridized carbons (Fsp3) is 0.467. The third-order valence-electron chi connectivity index (χ3n) is 3.21. The zero-order valence-electron chi connectivity index (χ0n) is 11.4. The second kappa shape index (κ2) is 4.37. The van der Waals surface area contributed by atoms with Crippen LogP contribution in [0.1, 0.15) is 49.5 Å². The Balaban J connectivity index is 2.36. The molecule has 0 aromatic heterocycles. The number of rotatable bonds is 3. The van der Waals surface area contributed by atoms with E-state index in [2.05, 4.69) is 0 Å². The molecule has 0 amide bonds. The van der Waals surface area contributed by atoms with Gasteiger partial charge in [-0.05, 0) is 45.2 Å². The molecule has 1 aromatic rings. The number of carboxylic acid groups (broad SMARTS) is 1. The summed E-state index contributed by atoms with van der Waals surface area (Å²) in [5.74, 6) is -1.33. The molecule has 4 nitrogen and oxygen atoms in total. The van der Waals surface area contributed by atoms with Crippen LogP contribution in [0.15, 0.2) is 24.3 Å². The summed E-state index contributed by atoms with van der Waals surface area (Å²) in [5, 5.41) is 9.22. The lowest BCUT2D eigenvalue weighted by Gasteiger charge is -2.24. The van der Waals surface area contributed by atoms with Crippen molar-refractivity contribution in [2.45, 2.75) is 44.6 Å². The van der Waals surface area contributed by atoms with Crippen LogP contribution in [0.5, 0.6) is 0 Å². The first-order valence-electron chi connectivity index (χ1n) is 6.32. The van der Waals surface area contributed by atoms with E-state index in [4.69, 9.17) is 4.74 Å². The molecule has 0 radical (unpaired) electrons. The Kier molecular flexibility index (Phi) is 3.12. The Morgan fingerprint density at radius 3 is 2.26 bits per heavy atom. The molecule has 1 aliphatic carbocycles. The average Bonchev–Trinajstić information content (AvgIpc) is 3.07. The van der Waals surface area contributed by atoms with Gasteiger partial charge in [0, 0.05) is 0 Å². The van der Waals surface area contributed by atoms with E-state index in [1.807, 2.05) is 20.8 Å². The summed E-state index contributed by atoms with van der Waals surface area (Å²) in [6.07, 6.45) is 1.29. The minimum Gasteiger partial charge on any atom is -0.478 e. The number of carboxylic acids is 1. The van der Waals surface area contributed by atoms with Crippen LogP contribution in [0.2, 0.25) is 0 Å². The highest BCUT2D eigenvalue weighted by molar-refractivity contribution is 5.95. The first-order chi connectivity index (χ1) is 8.76. The van der Waals surface area contributed by atoms with Gasteiger partial charge in [0.15, 0.2) is 0 Å². The van der Waals surface area contributed by atoms with Gasteiger partial charge in [-0.1, -0.05) is 18.2 Å². The Morgan fingerprint density at radius 2 is 1.79 bits per heavy atom. The van der Waals surface area contributed by atoms with Gasteiger partial charge in [0.25, 0.3) is 0 Å². The number of carbonyl (C=O) groups excluding carboxylic acids is 1. The Hall–Kier alpha value is -1.84. The second-order valence-corrected chi connectivity index (χ2v) is 5.93. The third-order valence-corrected chi connectivity index (χ3v) is 3.21. The van der Waals surface area contributed by atoms with Crippen LogP contribution < -0.4 is 0 Å². The van der Waals surface area contributed by atoms with Crippen molar-refractivity contribution in [1.82, 2.24) is 0 Å². The number of aromatic carboxylic acids is 1. The Morgan fingerprint density at radius 1 is 1.21 bits per heavy atom. The van der Waals surface area contributed by atoms with Gasteiger partial charge in [-0.2, -0.15) is 0 Å². The van der Waals surface area contributed by atoms with Crippen molar-refractivity contribution in [3.05, 3.63) is 35.4 Å². The van der Waals surface area contributed by atoms with E-state index in [0.717, 1.165) is 0 Å². The van der Waals surface area contributed by atoms with Crippen molar-refractivity contribution < 1.29 is 19.4 Å². The average molecular weight is 262 g/mol. The topological polar surface area (TPSA) is 63.6 Å². The molecular weight excluding hydrogens is 244 g/mol. The number of hydrogen-bond donors (Lipinski definition) is 1. The number of benzene rings is 1.